The molecule has 2 rings (SSSR count). The number of aromatic nitrogens is 2. The van der Waals surface area contributed by atoms with Crippen LogP contribution in [-0.4, -0.2) is 33.8 Å². The molecular weight excluding hydrogens is 342 g/mol. The molecule has 0 spiro atoms. The van der Waals surface area contributed by atoms with E-state index in [2.05, 4.69) is 15.3 Å². The zero-order valence-electron chi connectivity index (χ0n) is 14.3. The van der Waals surface area contributed by atoms with Gasteiger partial charge in [0.1, 0.15) is 5.75 Å². The Bertz CT molecular complexity index is 789. The molecule has 1 aromatic carbocycles. The van der Waals surface area contributed by atoms with Gasteiger partial charge in [0.15, 0.2) is 5.16 Å². The van der Waals surface area contributed by atoms with Crippen LogP contribution in [0.4, 0.5) is 5.69 Å². The summed E-state index contributed by atoms with van der Waals surface area (Å²) < 4.78 is 5.05. The lowest BCUT2D eigenvalue weighted by Crippen LogP contribution is -2.18. The van der Waals surface area contributed by atoms with Crippen LogP contribution >= 0.6 is 11.8 Å². The fraction of sp³-hybridized carbons (Fsp3) is 0.353. The van der Waals surface area contributed by atoms with Crippen molar-refractivity contribution in [3.05, 3.63) is 40.2 Å². The summed E-state index contributed by atoms with van der Waals surface area (Å²) in [5.41, 5.74) is 0.539. The molecule has 1 heterocycles. The molecule has 0 aliphatic rings. The third kappa shape index (κ3) is 4.99. The highest BCUT2D eigenvalue weighted by Crippen LogP contribution is 2.24. The molecule has 3 N–H and O–H groups in total. The third-order valence-electron chi connectivity index (χ3n) is 3.73. The maximum Gasteiger partial charge on any atom is 0.258 e. The van der Waals surface area contributed by atoms with Crippen molar-refractivity contribution in [1.29, 1.82) is 0 Å². The van der Waals surface area contributed by atoms with Crippen molar-refractivity contribution < 1.29 is 14.6 Å². The zero-order valence-corrected chi connectivity index (χ0v) is 15.1. The number of ether oxygens (including phenoxy) is 1. The van der Waals surface area contributed by atoms with Crippen LogP contribution in [0.3, 0.4) is 0 Å². The van der Waals surface area contributed by atoms with Crippen LogP contribution in [0.1, 0.15) is 31.7 Å². The molecule has 2 aromatic rings. The Morgan fingerprint density at radius 1 is 1.40 bits per heavy atom. The van der Waals surface area contributed by atoms with E-state index >= 15 is 0 Å². The Hall–Kier alpha value is -2.48. The molecular formula is C17H21N3O4S. The minimum Gasteiger partial charge on any atom is -0.497 e. The molecule has 0 aliphatic carbocycles. The number of thioether (sulfide) groups is 1. The van der Waals surface area contributed by atoms with E-state index in [0.29, 0.717) is 11.4 Å². The first-order valence-corrected chi connectivity index (χ1v) is 8.83. The number of rotatable bonds is 7. The second-order valence-corrected chi connectivity index (χ2v) is 6.45. The van der Waals surface area contributed by atoms with Crippen molar-refractivity contribution in [2.45, 2.75) is 31.3 Å². The van der Waals surface area contributed by atoms with E-state index in [4.69, 9.17) is 4.74 Å². The van der Waals surface area contributed by atoms with E-state index in [-0.39, 0.29) is 39.7 Å². The van der Waals surface area contributed by atoms with Gasteiger partial charge in [0, 0.05) is 5.69 Å². The first kappa shape index (κ1) is 18.9. The Labute approximate surface area is 149 Å². The highest BCUT2D eigenvalue weighted by atomic mass is 32.2. The molecule has 0 radical (unpaired) electrons. The number of H-pyrrole nitrogens is 1. The topological polar surface area (TPSA) is 104 Å². The summed E-state index contributed by atoms with van der Waals surface area (Å²) in [5.74, 6) is 0.135. The molecule has 0 aliphatic heterocycles. The molecule has 25 heavy (non-hydrogen) atoms. The number of hydrogen-bond acceptors (Lipinski definition) is 6. The van der Waals surface area contributed by atoms with Crippen molar-refractivity contribution in [2.24, 2.45) is 0 Å². The number of nitrogens with one attached hydrogen (secondary N) is 2. The Balaban J connectivity index is 1.98. The molecule has 1 aromatic heterocycles. The molecule has 134 valence electrons. The minimum absolute atomic E-state index is 0.0527. The summed E-state index contributed by atoms with van der Waals surface area (Å²) >= 11 is 1.05. The van der Waals surface area contributed by atoms with Gasteiger partial charge in [-0.15, -0.1) is 0 Å². The normalized spacial score (nSPS) is 11.8. The van der Waals surface area contributed by atoms with Crippen molar-refractivity contribution in [1.82, 2.24) is 9.97 Å². The number of benzene rings is 1. The van der Waals surface area contributed by atoms with E-state index in [1.165, 1.54) is 0 Å². The Morgan fingerprint density at radius 3 is 2.64 bits per heavy atom. The predicted octanol–water partition coefficient (Wildman–Crippen LogP) is 2.73. The molecule has 0 saturated heterocycles. The van der Waals surface area contributed by atoms with Crippen molar-refractivity contribution in [3.63, 3.8) is 0 Å². The number of hydrogen-bond donors (Lipinski definition) is 3. The van der Waals surface area contributed by atoms with Gasteiger partial charge in [-0.1, -0.05) is 25.6 Å². The van der Waals surface area contributed by atoms with E-state index in [1.807, 2.05) is 13.8 Å². The van der Waals surface area contributed by atoms with Gasteiger partial charge in [0.2, 0.25) is 11.8 Å². The molecule has 0 fully saturated rings. The number of methoxy groups -OCH3 is 1. The van der Waals surface area contributed by atoms with Crippen LogP contribution in [0.2, 0.25) is 0 Å². The number of aromatic amines is 1. The van der Waals surface area contributed by atoms with Gasteiger partial charge < -0.3 is 20.1 Å². The predicted molar refractivity (Wildman–Crippen MR) is 97.6 cm³/mol. The van der Waals surface area contributed by atoms with Crippen LogP contribution in [0, 0.1) is 0 Å². The van der Waals surface area contributed by atoms with Gasteiger partial charge in [0.05, 0.1) is 18.4 Å². The molecule has 8 heteroatoms. The lowest BCUT2D eigenvalue weighted by atomic mass is 10.0. The SMILES string of the molecule is CCC(C)c1c(O)nc(SCC(=O)Nc2ccc(OC)cc2)[nH]c1=O. The minimum atomic E-state index is -0.375. The number of aromatic hydroxyl groups is 1. The van der Waals surface area contributed by atoms with Crippen molar-refractivity contribution in [2.75, 3.05) is 18.2 Å². The smallest absolute Gasteiger partial charge is 0.258 e. The molecule has 0 saturated carbocycles. The summed E-state index contributed by atoms with van der Waals surface area (Å²) in [6.45, 7) is 3.77. The average Bonchev–Trinajstić information content (AvgIpc) is 2.60. The van der Waals surface area contributed by atoms with E-state index in [0.717, 1.165) is 18.2 Å². The molecule has 1 atom stereocenters. The maximum absolute atomic E-state index is 12.1. The lowest BCUT2D eigenvalue weighted by Gasteiger charge is -2.10. The maximum atomic E-state index is 12.1. The second kappa shape index (κ2) is 8.57. The number of anilines is 1. The summed E-state index contributed by atoms with van der Waals surface area (Å²) in [7, 11) is 1.57. The quantitative estimate of drug-likeness (QED) is 0.516. The number of carbonyl (C=O) groups is 1. The van der Waals surface area contributed by atoms with E-state index < -0.39 is 0 Å². The average molecular weight is 363 g/mol. The zero-order chi connectivity index (χ0) is 18.4. The summed E-state index contributed by atoms with van der Waals surface area (Å²) in [6, 6.07) is 6.95. The lowest BCUT2D eigenvalue weighted by molar-refractivity contribution is -0.113. The molecule has 1 amide bonds. The van der Waals surface area contributed by atoms with Crippen molar-refractivity contribution >= 4 is 23.4 Å². The van der Waals surface area contributed by atoms with Crippen LogP contribution in [0.15, 0.2) is 34.2 Å². The monoisotopic (exact) mass is 363 g/mol. The third-order valence-corrected chi connectivity index (χ3v) is 4.61. The number of carbonyl (C=O) groups excluding carboxylic acids is 1. The van der Waals surface area contributed by atoms with Gasteiger partial charge >= 0.3 is 0 Å². The van der Waals surface area contributed by atoms with Crippen LogP contribution in [0.25, 0.3) is 0 Å². The van der Waals surface area contributed by atoms with Crippen LogP contribution in [-0.2, 0) is 4.79 Å². The highest BCUT2D eigenvalue weighted by Gasteiger charge is 2.16. The molecule has 7 nitrogen and oxygen atoms in total. The largest absolute Gasteiger partial charge is 0.497 e. The van der Waals surface area contributed by atoms with Gasteiger partial charge in [-0.3, -0.25) is 9.59 Å². The summed E-state index contributed by atoms with van der Waals surface area (Å²) in [5, 5.41) is 12.9. The number of nitrogens with zero attached hydrogens (tertiary/aromatic N) is 1. The Kier molecular flexibility index (Phi) is 6.46. The van der Waals surface area contributed by atoms with E-state index in [1.54, 1.807) is 31.4 Å². The number of amides is 1. The molecule has 0 bridgehead atoms. The summed E-state index contributed by atoms with van der Waals surface area (Å²) in [4.78, 5) is 30.6. The highest BCUT2D eigenvalue weighted by molar-refractivity contribution is 7.99. The van der Waals surface area contributed by atoms with Gasteiger partial charge in [-0.05, 0) is 36.6 Å². The Morgan fingerprint density at radius 2 is 2.08 bits per heavy atom. The molecule has 1 unspecified atom stereocenters. The van der Waals surface area contributed by atoms with E-state index in [9.17, 15) is 14.7 Å². The van der Waals surface area contributed by atoms with Gasteiger partial charge in [-0.2, -0.15) is 4.98 Å². The van der Waals surface area contributed by atoms with Gasteiger partial charge in [0.25, 0.3) is 5.56 Å². The second-order valence-electron chi connectivity index (χ2n) is 5.48. The fourth-order valence-electron chi connectivity index (χ4n) is 2.17. The van der Waals surface area contributed by atoms with Gasteiger partial charge in [-0.25, -0.2) is 0 Å². The van der Waals surface area contributed by atoms with Crippen LogP contribution < -0.4 is 15.6 Å². The summed E-state index contributed by atoms with van der Waals surface area (Å²) in [6.07, 6.45) is 0.717. The van der Waals surface area contributed by atoms with Crippen molar-refractivity contribution in [3.8, 4) is 11.6 Å². The first-order valence-electron chi connectivity index (χ1n) is 7.84. The first-order chi connectivity index (χ1) is 11.9. The fourth-order valence-corrected chi connectivity index (χ4v) is 2.83. The van der Waals surface area contributed by atoms with Crippen LogP contribution in [0.5, 0.6) is 11.6 Å². The standard InChI is InChI=1S/C17H21N3O4S/c1-4-10(2)14-15(22)19-17(20-16(14)23)25-9-13(21)18-11-5-7-12(24-3)8-6-11/h5-8,10H,4,9H2,1-3H3,(H,18,21)(H2,19,20,22,23).